The number of hydrogen-bond acceptors (Lipinski definition) is 5. The second-order valence-corrected chi connectivity index (χ2v) is 6.58. The molecule has 3 rings (SSSR count). The molecule has 0 spiro atoms. The number of nitrogens with zero attached hydrogens (tertiary/aromatic N) is 3. The van der Waals surface area contributed by atoms with Crippen LogP contribution < -0.4 is 0 Å². The van der Waals surface area contributed by atoms with Crippen molar-refractivity contribution >= 4 is 11.9 Å². The third-order valence-corrected chi connectivity index (χ3v) is 4.81. The summed E-state index contributed by atoms with van der Waals surface area (Å²) in [5.41, 5.74) is 1.34. The topological polar surface area (TPSA) is 94.0 Å². The first-order valence-corrected chi connectivity index (χ1v) is 8.88. The maximum absolute atomic E-state index is 9.10. The molecule has 1 aliphatic carbocycles. The average molecular weight is 349 g/mol. The van der Waals surface area contributed by atoms with Crippen molar-refractivity contribution < 1.29 is 19.8 Å². The van der Waals surface area contributed by atoms with Crippen LogP contribution in [0.3, 0.4) is 0 Å². The van der Waals surface area contributed by atoms with Gasteiger partial charge in [-0.25, -0.2) is 9.59 Å². The SMILES string of the molecule is O=C(O)C(=O)O.c1cncc(CN2CCN(C3CCCCC3)CC2)c1. The Morgan fingerprint density at radius 1 is 1.04 bits per heavy atom. The summed E-state index contributed by atoms with van der Waals surface area (Å²) >= 11 is 0. The van der Waals surface area contributed by atoms with E-state index in [1.807, 2.05) is 18.5 Å². The molecule has 138 valence electrons. The second-order valence-electron chi connectivity index (χ2n) is 6.58. The third-order valence-electron chi connectivity index (χ3n) is 4.81. The van der Waals surface area contributed by atoms with Crippen LogP contribution in [0.2, 0.25) is 0 Å². The minimum atomic E-state index is -1.82. The minimum Gasteiger partial charge on any atom is -0.473 e. The van der Waals surface area contributed by atoms with Crippen LogP contribution in [-0.2, 0) is 16.1 Å². The van der Waals surface area contributed by atoms with Crippen LogP contribution in [-0.4, -0.2) is 69.2 Å². The van der Waals surface area contributed by atoms with Gasteiger partial charge in [0.15, 0.2) is 0 Å². The molecule has 0 aromatic carbocycles. The standard InChI is InChI=1S/C16H25N3.C2H2O4/c1-2-6-16(7-3-1)19-11-9-18(10-12-19)14-15-5-4-8-17-13-15;3-1(4)2(5)6/h4-5,8,13,16H,1-3,6-7,9-12,14H2;(H,3,4)(H,5,6). The molecule has 2 aliphatic rings. The fourth-order valence-electron chi connectivity index (χ4n) is 3.48. The van der Waals surface area contributed by atoms with E-state index in [9.17, 15) is 0 Å². The van der Waals surface area contributed by atoms with E-state index >= 15 is 0 Å². The van der Waals surface area contributed by atoms with Crippen LogP contribution in [0.25, 0.3) is 0 Å². The van der Waals surface area contributed by atoms with Gasteiger partial charge in [-0.3, -0.25) is 14.8 Å². The highest BCUT2D eigenvalue weighted by molar-refractivity contribution is 6.27. The summed E-state index contributed by atoms with van der Waals surface area (Å²) in [5, 5.41) is 14.8. The van der Waals surface area contributed by atoms with E-state index in [2.05, 4.69) is 20.9 Å². The fraction of sp³-hybridized carbons (Fsp3) is 0.611. The molecule has 0 bridgehead atoms. The number of carboxylic acid groups (broad SMARTS) is 2. The first-order chi connectivity index (χ1) is 12.1. The molecule has 1 aliphatic heterocycles. The molecule has 25 heavy (non-hydrogen) atoms. The highest BCUT2D eigenvalue weighted by Crippen LogP contribution is 2.23. The largest absolute Gasteiger partial charge is 0.473 e. The van der Waals surface area contributed by atoms with Crippen LogP contribution in [0.1, 0.15) is 37.7 Å². The zero-order valence-corrected chi connectivity index (χ0v) is 14.5. The Bertz CT molecular complexity index is 527. The van der Waals surface area contributed by atoms with Gasteiger partial charge in [-0.2, -0.15) is 0 Å². The number of pyridine rings is 1. The van der Waals surface area contributed by atoms with Crippen molar-refractivity contribution in [3.05, 3.63) is 30.1 Å². The molecule has 1 saturated carbocycles. The van der Waals surface area contributed by atoms with E-state index in [1.165, 1.54) is 63.8 Å². The quantitative estimate of drug-likeness (QED) is 0.802. The number of piperazine rings is 1. The van der Waals surface area contributed by atoms with Crippen molar-refractivity contribution in [1.29, 1.82) is 0 Å². The number of rotatable bonds is 3. The van der Waals surface area contributed by atoms with E-state index in [0.29, 0.717) is 0 Å². The Morgan fingerprint density at radius 2 is 1.68 bits per heavy atom. The predicted molar refractivity (Wildman–Crippen MR) is 93.2 cm³/mol. The predicted octanol–water partition coefficient (Wildman–Crippen LogP) is 1.69. The summed E-state index contributed by atoms with van der Waals surface area (Å²) in [6, 6.07) is 5.10. The molecule has 2 fully saturated rings. The smallest absolute Gasteiger partial charge is 0.414 e. The lowest BCUT2D eigenvalue weighted by molar-refractivity contribution is -0.159. The van der Waals surface area contributed by atoms with E-state index in [-0.39, 0.29) is 0 Å². The Balaban J connectivity index is 0.000000326. The van der Waals surface area contributed by atoms with Crippen LogP contribution in [0.15, 0.2) is 24.5 Å². The van der Waals surface area contributed by atoms with Crippen LogP contribution in [0.4, 0.5) is 0 Å². The van der Waals surface area contributed by atoms with Gasteiger partial charge in [0.2, 0.25) is 0 Å². The van der Waals surface area contributed by atoms with Crippen molar-refractivity contribution in [2.24, 2.45) is 0 Å². The summed E-state index contributed by atoms with van der Waals surface area (Å²) in [5.74, 6) is -3.65. The zero-order valence-electron chi connectivity index (χ0n) is 14.5. The average Bonchev–Trinajstić information content (AvgIpc) is 2.64. The first kappa shape index (κ1) is 19.3. The summed E-state index contributed by atoms with van der Waals surface area (Å²) in [7, 11) is 0. The molecule has 0 radical (unpaired) electrons. The fourth-order valence-corrected chi connectivity index (χ4v) is 3.48. The highest BCUT2D eigenvalue weighted by atomic mass is 16.4. The molecule has 0 amide bonds. The number of carbonyl (C=O) groups is 2. The van der Waals surface area contributed by atoms with Gasteiger partial charge in [-0.05, 0) is 24.5 Å². The lowest BCUT2D eigenvalue weighted by Crippen LogP contribution is -2.50. The molecule has 2 N–H and O–H groups in total. The molecule has 2 heterocycles. The zero-order chi connectivity index (χ0) is 18.1. The van der Waals surface area contributed by atoms with Crippen molar-refractivity contribution in [3.63, 3.8) is 0 Å². The molecule has 1 saturated heterocycles. The van der Waals surface area contributed by atoms with Gasteiger partial charge in [0.25, 0.3) is 0 Å². The van der Waals surface area contributed by atoms with Gasteiger partial charge < -0.3 is 10.2 Å². The van der Waals surface area contributed by atoms with Gasteiger partial charge in [-0.15, -0.1) is 0 Å². The molecule has 1 aromatic rings. The monoisotopic (exact) mass is 349 g/mol. The van der Waals surface area contributed by atoms with Crippen molar-refractivity contribution in [3.8, 4) is 0 Å². The lowest BCUT2D eigenvalue weighted by atomic mass is 9.94. The van der Waals surface area contributed by atoms with E-state index in [4.69, 9.17) is 19.8 Å². The second kappa shape index (κ2) is 10.1. The first-order valence-electron chi connectivity index (χ1n) is 8.88. The lowest BCUT2D eigenvalue weighted by Gasteiger charge is -2.40. The van der Waals surface area contributed by atoms with E-state index < -0.39 is 11.9 Å². The van der Waals surface area contributed by atoms with Crippen molar-refractivity contribution in [1.82, 2.24) is 14.8 Å². The molecular formula is C18H27N3O4. The number of carboxylic acids is 2. The maximum atomic E-state index is 9.10. The molecular weight excluding hydrogens is 322 g/mol. The van der Waals surface area contributed by atoms with Crippen molar-refractivity contribution in [2.45, 2.75) is 44.7 Å². The van der Waals surface area contributed by atoms with Gasteiger partial charge >= 0.3 is 11.9 Å². The molecule has 1 aromatic heterocycles. The van der Waals surface area contributed by atoms with Gasteiger partial charge in [-0.1, -0.05) is 25.3 Å². The van der Waals surface area contributed by atoms with E-state index in [0.717, 1.165) is 12.6 Å². The molecule has 0 atom stereocenters. The summed E-state index contributed by atoms with van der Waals surface area (Å²) in [6.45, 7) is 6.00. The van der Waals surface area contributed by atoms with Gasteiger partial charge in [0.1, 0.15) is 0 Å². The van der Waals surface area contributed by atoms with Gasteiger partial charge in [0, 0.05) is 51.2 Å². The van der Waals surface area contributed by atoms with Crippen LogP contribution >= 0.6 is 0 Å². The Morgan fingerprint density at radius 3 is 2.20 bits per heavy atom. The van der Waals surface area contributed by atoms with Crippen LogP contribution in [0.5, 0.6) is 0 Å². The van der Waals surface area contributed by atoms with Gasteiger partial charge in [0.05, 0.1) is 0 Å². The summed E-state index contributed by atoms with van der Waals surface area (Å²) < 4.78 is 0. The maximum Gasteiger partial charge on any atom is 0.414 e. The Labute approximate surface area is 148 Å². The van der Waals surface area contributed by atoms with Crippen LogP contribution in [0, 0.1) is 0 Å². The summed E-state index contributed by atoms with van der Waals surface area (Å²) in [6.07, 6.45) is 11.1. The van der Waals surface area contributed by atoms with E-state index in [1.54, 1.807) is 0 Å². The number of hydrogen-bond donors (Lipinski definition) is 2. The normalized spacial score (nSPS) is 19.7. The molecule has 7 nitrogen and oxygen atoms in total. The Kier molecular flexibility index (Phi) is 7.81. The molecule has 0 unspecified atom stereocenters. The van der Waals surface area contributed by atoms with Crippen molar-refractivity contribution in [2.75, 3.05) is 26.2 Å². The highest BCUT2D eigenvalue weighted by Gasteiger charge is 2.24. The minimum absolute atomic E-state index is 0.884. The third kappa shape index (κ3) is 6.80. The number of aromatic nitrogens is 1. The Hall–Kier alpha value is -1.99. The molecule has 7 heteroatoms. The summed E-state index contributed by atoms with van der Waals surface area (Å²) in [4.78, 5) is 27.7. The number of aliphatic carboxylic acids is 2.